The molecule has 1 aromatic carbocycles. The third-order valence-electron chi connectivity index (χ3n) is 1.97. The van der Waals surface area contributed by atoms with Crippen LogP contribution in [0.3, 0.4) is 0 Å². The van der Waals surface area contributed by atoms with Crippen molar-refractivity contribution in [1.82, 2.24) is 4.90 Å². The highest BCUT2D eigenvalue weighted by molar-refractivity contribution is 8.00. The second-order valence-corrected chi connectivity index (χ2v) is 4.19. The zero-order chi connectivity index (χ0) is 11.1. The van der Waals surface area contributed by atoms with Gasteiger partial charge in [-0.25, -0.2) is 0 Å². The lowest BCUT2D eigenvalue weighted by atomic mass is 10.4. The van der Waals surface area contributed by atoms with Gasteiger partial charge in [0, 0.05) is 18.5 Å². The third kappa shape index (κ3) is 4.36. The number of benzene rings is 1. The number of amides is 1. The first-order valence-corrected chi connectivity index (χ1v) is 5.75. The van der Waals surface area contributed by atoms with Crippen LogP contribution in [-0.2, 0) is 4.79 Å². The maximum atomic E-state index is 11.5. The number of likely N-dealkylation sites (N-methyl/N-ethyl adjacent to an activating group) is 1. The van der Waals surface area contributed by atoms with Gasteiger partial charge in [0.15, 0.2) is 0 Å². The summed E-state index contributed by atoms with van der Waals surface area (Å²) in [5.74, 6) is 0.457. The quantitative estimate of drug-likeness (QED) is 0.766. The average Bonchev–Trinajstić information content (AvgIpc) is 2.27. The molecule has 0 aromatic heterocycles. The molecule has 1 aromatic rings. The Morgan fingerprint density at radius 2 is 2.07 bits per heavy atom. The summed E-state index contributed by atoms with van der Waals surface area (Å²) < 4.78 is 0. The van der Waals surface area contributed by atoms with Gasteiger partial charge in [0.2, 0.25) is 5.91 Å². The summed E-state index contributed by atoms with van der Waals surface area (Å²) in [5, 5.41) is 8.67. The van der Waals surface area contributed by atoms with Crippen LogP contribution >= 0.6 is 11.8 Å². The summed E-state index contributed by atoms with van der Waals surface area (Å²) in [7, 11) is 1.70. The monoisotopic (exact) mass is 225 g/mol. The van der Waals surface area contributed by atoms with Crippen molar-refractivity contribution >= 4 is 17.7 Å². The molecule has 1 amide bonds. The van der Waals surface area contributed by atoms with Gasteiger partial charge in [-0.2, -0.15) is 0 Å². The molecule has 82 valence electrons. The lowest BCUT2D eigenvalue weighted by Gasteiger charge is -2.14. The maximum absolute atomic E-state index is 11.5. The van der Waals surface area contributed by atoms with E-state index in [1.807, 2.05) is 30.3 Å². The number of aliphatic hydroxyl groups excluding tert-OH is 1. The fraction of sp³-hybridized carbons (Fsp3) is 0.364. The Morgan fingerprint density at radius 1 is 1.40 bits per heavy atom. The van der Waals surface area contributed by atoms with E-state index in [1.165, 1.54) is 16.7 Å². The minimum Gasteiger partial charge on any atom is -0.395 e. The molecule has 0 unspecified atom stereocenters. The van der Waals surface area contributed by atoms with E-state index in [9.17, 15) is 4.79 Å². The number of rotatable bonds is 5. The summed E-state index contributed by atoms with van der Waals surface area (Å²) in [5.41, 5.74) is 0. The molecule has 0 radical (unpaired) electrons. The van der Waals surface area contributed by atoms with Crippen molar-refractivity contribution in [2.24, 2.45) is 0 Å². The van der Waals surface area contributed by atoms with Gasteiger partial charge in [-0.3, -0.25) is 4.79 Å². The second-order valence-electron chi connectivity index (χ2n) is 3.14. The van der Waals surface area contributed by atoms with Gasteiger partial charge in [-0.15, -0.1) is 11.8 Å². The van der Waals surface area contributed by atoms with E-state index in [4.69, 9.17) is 5.11 Å². The highest BCUT2D eigenvalue weighted by Gasteiger charge is 2.07. The van der Waals surface area contributed by atoms with E-state index in [1.54, 1.807) is 7.05 Å². The average molecular weight is 225 g/mol. The van der Waals surface area contributed by atoms with Gasteiger partial charge in [-0.1, -0.05) is 18.2 Å². The van der Waals surface area contributed by atoms with Gasteiger partial charge in [0.25, 0.3) is 0 Å². The SMILES string of the molecule is CN(CCO)C(=O)CSc1ccccc1. The number of thioether (sulfide) groups is 1. The fourth-order valence-electron chi connectivity index (χ4n) is 1.05. The number of aliphatic hydroxyl groups is 1. The molecule has 1 N–H and O–H groups in total. The topological polar surface area (TPSA) is 40.5 Å². The first-order chi connectivity index (χ1) is 7.24. The van der Waals surface area contributed by atoms with Crippen LogP contribution in [0, 0.1) is 0 Å². The highest BCUT2D eigenvalue weighted by Crippen LogP contribution is 2.16. The van der Waals surface area contributed by atoms with Crippen LogP contribution < -0.4 is 0 Å². The second kappa shape index (κ2) is 6.48. The van der Waals surface area contributed by atoms with E-state index in [0.29, 0.717) is 12.3 Å². The lowest BCUT2D eigenvalue weighted by Crippen LogP contribution is -2.30. The van der Waals surface area contributed by atoms with Crippen molar-refractivity contribution in [3.8, 4) is 0 Å². The minimum atomic E-state index is 0.0121. The molecule has 4 heteroatoms. The molecular formula is C11H15NO2S. The summed E-state index contributed by atoms with van der Waals surface area (Å²) in [6.07, 6.45) is 0. The molecule has 15 heavy (non-hydrogen) atoms. The maximum Gasteiger partial charge on any atom is 0.232 e. The van der Waals surface area contributed by atoms with Gasteiger partial charge in [0.05, 0.1) is 12.4 Å². The van der Waals surface area contributed by atoms with Gasteiger partial charge in [0.1, 0.15) is 0 Å². The van der Waals surface area contributed by atoms with E-state index in [2.05, 4.69) is 0 Å². The highest BCUT2D eigenvalue weighted by atomic mass is 32.2. The summed E-state index contributed by atoms with van der Waals surface area (Å²) in [4.78, 5) is 14.1. The van der Waals surface area contributed by atoms with Crippen LogP contribution in [0.15, 0.2) is 35.2 Å². The van der Waals surface area contributed by atoms with Crippen LogP contribution in [0.5, 0.6) is 0 Å². The van der Waals surface area contributed by atoms with Crippen LogP contribution in [0.4, 0.5) is 0 Å². The van der Waals surface area contributed by atoms with Crippen LogP contribution in [-0.4, -0.2) is 41.9 Å². The Hall–Kier alpha value is -1.00. The first-order valence-electron chi connectivity index (χ1n) is 4.76. The number of hydrogen-bond acceptors (Lipinski definition) is 3. The lowest BCUT2D eigenvalue weighted by molar-refractivity contribution is -0.127. The molecule has 0 aliphatic carbocycles. The van der Waals surface area contributed by atoms with E-state index < -0.39 is 0 Å². The minimum absolute atomic E-state index is 0.0121. The van der Waals surface area contributed by atoms with Crippen LogP contribution in [0.2, 0.25) is 0 Å². The standard InChI is InChI=1S/C11H15NO2S/c1-12(7-8-13)11(14)9-15-10-5-3-2-4-6-10/h2-6,13H,7-9H2,1H3. The molecule has 0 bridgehead atoms. The Labute approximate surface area is 94.1 Å². The summed E-state index contributed by atoms with van der Waals surface area (Å²) >= 11 is 1.51. The predicted octanol–water partition coefficient (Wildman–Crippen LogP) is 1.23. The molecule has 0 heterocycles. The Kier molecular flexibility index (Phi) is 5.21. The number of hydrogen-bond donors (Lipinski definition) is 1. The van der Waals surface area contributed by atoms with E-state index in [0.717, 1.165) is 4.90 Å². The van der Waals surface area contributed by atoms with Crippen molar-refractivity contribution in [3.05, 3.63) is 30.3 Å². The molecular weight excluding hydrogens is 210 g/mol. The molecule has 0 fully saturated rings. The molecule has 1 rings (SSSR count). The largest absolute Gasteiger partial charge is 0.395 e. The van der Waals surface area contributed by atoms with Crippen molar-refractivity contribution in [3.63, 3.8) is 0 Å². The molecule has 0 saturated heterocycles. The van der Waals surface area contributed by atoms with Crippen molar-refractivity contribution in [2.45, 2.75) is 4.90 Å². The van der Waals surface area contributed by atoms with Gasteiger partial charge >= 0.3 is 0 Å². The van der Waals surface area contributed by atoms with Crippen LogP contribution in [0.25, 0.3) is 0 Å². The zero-order valence-corrected chi connectivity index (χ0v) is 9.54. The molecule has 0 atom stereocenters. The van der Waals surface area contributed by atoms with Crippen molar-refractivity contribution in [1.29, 1.82) is 0 Å². The predicted molar refractivity (Wildman–Crippen MR) is 61.9 cm³/mol. The Bertz CT molecular complexity index is 303. The normalized spacial score (nSPS) is 10.0. The Balaban J connectivity index is 2.34. The Morgan fingerprint density at radius 3 is 2.67 bits per heavy atom. The zero-order valence-electron chi connectivity index (χ0n) is 8.72. The summed E-state index contributed by atoms with van der Waals surface area (Å²) in [6.45, 7) is 0.409. The van der Waals surface area contributed by atoms with Gasteiger partial charge in [-0.05, 0) is 12.1 Å². The van der Waals surface area contributed by atoms with Crippen LogP contribution in [0.1, 0.15) is 0 Å². The van der Waals surface area contributed by atoms with E-state index in [-0.39, 0.29) is 12.5 Å². The van der Waals surface area contributed by atoms with Gasteiger partial charge < -0.3 is 10.0 Å². The van der Waals surface area contributed by atoms with E-state index >= 15 is 0 Å². The molecule has 3 nitrogen and oxygen atoms in total. The first kappa shape index (κ1) is 12.1. The molecule has 0 aliphatic rings. The number of carbonyl (C=O) groups excluding carboxylic acids is 1. The third-order valence-corrected chi connectivity index (χ3v) is 2.96. The fourth-order valence-corrected chi connectivity index (χ4v) is 1.91. The number of carbonyl (C=O) groups is 1. The van der Waals surface area contributed by atoms with Crippen molar-refractivity contribution in [2.75, 3.05) is 26.0 Å². The molecule has 0 aliphatic heterocycles. The molecule has 0 saturated carbocycles. The smallest absolute Gasteiger partial charge is 0.232 e. The summed E-state index contributed by atoms with van der Waals surface area (Å²) in [6, 6.07) is 9.80. The molecule has 0 spiro atoms. The van der Waals surface area contributed by atoms with Crippen molar-refractivity contribution < 1.29 is 9.90 Å². The number of nitrogens with zero attached hydrogens (tertiary/aromatic N) is 1.